The van der Waals surface area contributed by atoms with E-state index >= 15 is 0 Å². The third-order valence-corrected chi connectivity index (χ3v) is 5.22. The molecule has 0 bridgehead atoms. The number of amides is 1. The van der Waals surface area contributed by atoms with E-state index in [0.717, 1.165) is 0 Å². The minimum Gasteiger partial charge on any atom is -0.494 e. The molecule has 172 valence electrons. The predicted octanol–water partition coefficient (Wildman–Crippen LogP) is 4.72. The van der Waals surface area contributed by atoms with Crippen molar-refractivity contribution in [2.24, 2.45) is 5.10 Å². The molecule has 1 atom stereocenters. The quantitative estimate of drug-likeness (QED) is 0.539. The van der Waals surface area contributed by atoms with Crippen molar-refractivity contribution < 1.29 is 32.2 Å². The second-order valence-electron chi connectivity index (χ2n) is 7.40. The molecule has 0 saturated carbocycles. The van der Waals surface area contributed by atoms with E-state index in [1.54, 1.807) is 48.5 Å². The average molecular weight is 461 g/mol. The molecular weight excluding hydrogens is 442 g/mol. The highest BCUT2D eigenvalue weighted by molar-refractivity contribution is 6.08. The number of halogens is 4. The van der Waals surface area contributed by atoms with Crippen LogP contribution in [0.2, 0.25) is 0 Å². The molecule has 3 aromatic rings. The maximum absolute atomic E-state index is 13.7. The Morgan fingerprint density at radius 1 is 1.15 bits per heavy atom. The number of carbonyl (C=O) groups is 1. The van der Waals surface area contributed by atoms with Gasteiger partial charge in [0.15, 0.2) is 0 Å². The maximum atomic E-state index is 13.7. The SMILES string of the molecule is CCOc1cccc(-c2cc(C(=O)N3N=C(C(F)F)C[C@]3(O)C(F)F)c3ccccc3n2)c1. The fourth-order valence-corrected chi connectivity index (χ4v) is 3.63. The summed E-state index contributed by atoms with van der Waals surface area (Å²) in [6.45, 7) is 2.26. The molecule has 0 unspecified atom stereocenters. The van der Waals surface area contributed by atoms with Crippen LogP contribution in [0.1, 0.15) is 23.7 Å². The highest BCUT2D eigenvalue weighted by Crippen LogP contribution is 2.36. The van der Waals surface area contributed by atoms with Crippen molar-refractivity contribution in [3.8, 4) is 17.0 Å². The zero-order valence-electron chi connectivity index (χ0n) is 17.4. The third kappa shape index (κ3) is 4.13. The van der Waals surface area contributed by atoms with Crippen LogP contribution >= 0.6 is 0 Å². The molecule has 33 heavy (non-hydrogen) atoms. The molecule has 0 fully saturated rings. The highest BCUT2D eigenvalue weighted by atomic mass is 19.3. The molecule has 6 nitrogen and oxygen atoms in total. The van der Waals surface area contributed by atoms with E-state index in [1.807, 2.05) is 6.92 Å². The van der Waals surface area contributed by atoms with Crippen LogP contribution in [0.3, 0.4) is 0 Å². The minimum absolute atomic E-state index is 0.0569. The number of para-hydroxylation sites is 1. The van der Waals surface area contributed by atoms with Gasteiger partial charge in [0.1, 0.15) is 11.5 Å². The number of aliphatic hydroxyl groups is 1. The topological polar surface area (TPSA) is 75.0 Å². The molecule has 4 rings (SSSR count). The molecule has 0 spiro atoms. The lowest BCUT2D eigenvalue weighted by Crippen LogP contribution is -2.51. The van der Waals surface area contributed by atoms with Crippen LogP contribution < -0.4 is 4.74 Å². The van der Waals surface area contributed by atoms with Crippen molar-refractivity contribution in [2.75, 3.05) is 6.61 Å². The largest absolute Gasteiger partial charge is 0.494 e. The van der Waals surface area contributed by atoms with Crippen LogP contribution in [-0.2, 0) is 0 Å². The standard InChI is InChI=1S/C23H19F4N3O3/c1-2-33-14-7-5-6-13(10-14)18-11-16(15-8-3-4-9-17(15)28-18)21(31)30-23(32,22(26)27)12-19(29-30)20(24)25/h3-11,20,22,32H,2,12H2,1H3/t23-/m0/s1. The van der Waals surface area contributed by atoms with Crippen LogP contribution in [-0.4, -0.2) is 51.9 Å². The van der Waals surface area contributed by atoms with E-state index in [-0.39, 0.29) is 10.6 Å². The second-order valence-corrected chi connectivity index (χ2v) is 7.40. The van der Waals surface area contributed by atoms with Crippen molar-refractivity contribution in [1.29, 1.82) is 0 Å². The molecule has 1 aromatic heterocycles. The fourth-order valence-electron chi connectivity index (χ4n) is 3.63. The number of rotatable bonds is 6. The van der Waals surface area contributed by atoms with Gasteiger partial charge in [0.05, 0.1) is 23.4 Å². The van der Waals surface area contributed by atoms with Gasteiger partial charge in [-0.25, -0.2) is 22.5 Å². The Kier molecular flexibility index (Phi) is 6.03. The number of alkyl halides is 4. The summed E-state index contributed by atoms with van der Waals surface area (Å²) in [5, 5.41) is 14.1. The maximum Gasteiger partial charge on any atom is 0.287 e. The number of hydrogen-bond acceptors (Lipinski definition) is 5. The Morgan fingerprint density at radius 2 is 1.91 bits per heavy atom. The van der Waals surface area contributed by atoms with Gasteiger partial charge in [-0.15, -0.1) is 0 Å². The van der Waals surface area contributed by atoms with Gasteiger partial charge in [0.2, 0.25) is 5.72 Å². The molecule has 1 amide bonds. The Hall–Kier alpha value is -3.53. The van der Waals surface area contributed by atoms with E-state index < -0.39 is 36.6 Å². The molecule has 0 aliphatic carbocycles. The van der Waals surface area contributed by atoms with E-state index in [4.69, 9.17) is 4.74 Å². The zero-order chi connectivity index (χ0) is 23.8. The summed E-state index contributed by atoms with van der Waals surface area (Å²) in [5.74, 6) is -0.579. The number of aromatic nitrogens is 1. The lowest BCUT2D eigenvalue weighted by Gasteiger charge is -2.30. The second kappa shape index (κ2) is 8.78. The lowest BCUT2D eigenvalue weighted by molar-refractivity contribution is -0.164. The van der Waals surface area contributed by atoms with E-state index in [2.05, 4.69) is 10.1 Å². The van der Waals surface area contributed by atoms with Crippen molar-refractivity contribution in [1.82, 2.24) is 9.99 Å². The van der Waals surface area contributed by atoms with Gasteiger partial charge in [-0.3, -0.25) is 4.79 Å². The molecule has 10 heteroatoms. The number of hydrazone groups is 1. The molecule has 2 aromatic carbocycles. The van der Waals surface area contributed by atoms with Crippen LogP contribution in [0.5, 0.6) is 5.75 Å². The zero-order valence-corrected chi connectivity index (χ0v) is 17.4. The summed E-state index contributed by atoms with van der Waals surface area (Å²) >= 11 is 0. The van der Waals surface area contributed by atoms with Crippen LogP contribution in [0.4, 0.5) is 17.6 Å². The summed E-state index contributed by atoms with van der Waals surface area (Å²) in [7, 11) is 0. The average Bonchev–Trinajstić information content (AvgIpc) is 3.17. The van der Waals surface area contributed by atoms with Gasteiger partial charge in [-0.05, 0) is 31.2 Å². The number of carbonyl (C=O) groups excluding carboxylic acids is 1. The molecule has 1 aliphatic heterocycles. The summed E-state index contributed by atoms with van der Waals surface area (Å²) in [4.78, 5) is 17.9. The Bertz CT molecular complexity index is 1230. The van der Waals surface area contributed by atoms with Crippen molar-refractivity contribution in [3.63, 3.8) is 0 Å². The van der Waals surface area contributed by atoms with Gasteiger partial charge < -0.3 is 9.84 Å². The molecule has 1 aliphatic rings. The predicted molar refractivity (Wildman–Crippen MR) is 114 cm³/mol. The van der Waals surface area contributed by atoms with Gasteiger partial charge >= 0.3 is 0 Å². The Morgan fingerprint density at radius 3 is 2.61 bits per heavy atom. The normalized spacial score (nSPS) is 18.3. The number of hydrogen-bond donors (Lipinski definition) is 1. The lowest BCUT2D eigenvalue weighted by atomic mass is 10.0. The molecule has 0 radical (unpaired) electrons. The number of fused-ring (bicyclic) bond motifs is 1. The number of pyridine rings is 1. The van der Waals surface area contributed by atoms with Crippen LogP contribution in [0.25, 0.3) is 22.2 Å². The molecule has 0 saturated heterocycles. The first-order chi connectivity index (χ1) is 15.7. The first-order valence-corrected chi connectivity index (χ1v) is 10.1. The summed E-state index contributed by atoms with van der Waals surface area (Å²) in [5.41, 5.74) is -3.00. The monoisotopic (exact) mass is 461 g/mol. The molecular formula is C23H19F4N3O3. The van der Waals surface area contributed by atoms with Crippen molar-refractivity contribution >= 4 is 22.5 Å². The first kappa shape index (κ1) is 22.7. The van der Waals surface area contributed by atoms with E-state index in [0.29, 0.717) is 34.5 Å². The fraction of sp³-hybridized carbons (Fsp3) is 0.261. The van der Waals surface area contributed by atoms with Gasteiger partial charge in [-0.1, -0.05) is 30.3 Å². The van der Waals surface area contributed by atoms with Gasteiger partial charge in [0.25, 0.3) is 18.8 Å². The van der Waals surface area contributed by atoms with E-state index in [1.165, 1.54) is 6.07 Å². The van der Waals surface area contributed by atoms with Gasteiger partial charge in [0, 0.05) is 17.4 Å². The number of ether oxygens (including phenoxy) is 1. The third-order valence-electron chi connectivity index (χ3n) is 5.22. The highest BCUT2D eigenvalue weighted by Gasteiger charge is 2.53. The number of nitrogens with zero attached hydrogens (tertiary/aromatic N) is 3. The van der Waals surface area contributed by atoms with Crippen molar-refractivity contribution in [2.45, 2.75) is 31.9 Å². The Balaban J connectivity index is 1.86. The summed E-state index contributed by atoms with van der Waals surface area (Å²) in [6.07, 6.45) is -7.86. The number of benzene rings is 2. The first-order valence-electron chi connectivity index (χ1n) is 10.1. The summed E-state index contributed by atoms with van der Waals surface area (Å²) in [6, 6.07) is 14.7. The van der Waals surface area contributed by atoms with Crippen molar-refractivity contribution in [3.05, 3.63) is 60.2 Å². The minimum atomic E-state index is -3.52. The van der Waals surface area contributed by atoms with Gasteiger partial charge in [-0.2, -0.15) is 10.1 Å². The van der Waals surface area contributed by atoms with Crippen LogP contribution in [0.15, 0.2) is 59.7 Å². The Labute approximate surface area is 186 Å². The molecule has 2 heterocycles. The molecule has 1 N–H and O–H groups in total. The summed E-state index contributed by atoms with van der Waals surface area (Å²) < 4.78 is 59.2. The van der Waals surface area contributed by atoms with E-state index in [9.17, 15) is 27.5 Å². The smallest absolute Gasteiger partial charge is 0.287 e. The van der Waals surface area contributed by atoms with Crippen LogP contribution in [0, 0.1) is 0 Å².